The summed E-state index contributed by atoms with van der Waals surface area (Å²) in [5, 5.41) is 1.76. The lowest BCUT2D eigenvalue weighted by atomic mass is 9.94. The maximum Gasteiger partial charge on any atom is 0.261 e. The molecule has 0 radical (unpaired) electrons. The molecule has 1 saturated heterocycles. The molecule has 2 aliphatic rings. The Morgan fingerprint density at radius 2 is 1.41 bits per heavy atom. The second kappa shape index (κ2) is 5.21. The zero-order chi connectivity index (χ0) is 15.1. The molecule has 0 aromatic heterocycles. The highest BCUT2D eigenvalue weighted by Crippen LogP contribution is 2.29. The fraction of sp³-hybridized carbons (Fsp3) is 0.333. The average Bonchev–Trinajstić information content (AvgIpc) is 3.06. The Bertz CT molecular complexity index is 712. The van der Waals surface area contributed by atoms with Crippen LogP contribution in [-0.4, -0.2) is 47.8 Å². The molecule has 2 aromatic carbocycles. The van der Waals surface area contributed by atoms with Crippen LogP contribution in [-0.2, 0) is 0 Å². The lowest BCUT2D eigenvalue weighted by Gasteiger charge is -2.28. The van der Waals surface area contributed by atoms with Crippen molar-refractivity contribution in [1.82, 2.24) is 9.80 Å². The predicted octanol–water partition coefficient (Wildman–Crippen LogP) is 2.53. The van der Waals surface area contributed by atoms with E-state index in [2.05, 4.69) is 4.90 Å². The van der Waals surface area contributed by atoms with Crippen LogP contribution in [0.15, 0.2) is 36.4 Å². The van der Waals surface area contributed by atoms with Crippen molar-refractivity contribution < 1.29 is 9.59 Å². The molecule has 2 aliphatic heterocycles. The molecular weight excluding hydrogens is 276 g/mol. The number of benzene rings is 2. The van der Waals surface area contributed by atoms with E-state index in [9.17, 15) is 9.59 Å². The minimum Gasteiger partial charge on any atom is -0.302 e. The molecule has 112 valence electrons. The molecule has 4 nitrogen and oxygen atoms in total. The number of carbonyl (C=O) groups excluding carboxylic acids is 2. The third kappa shape index (κ3) is 2.03. The zero-order valence-electron chi connectivity index (χ0n) is 12.4. The average molecular weight is 294 g/mol. The molecule has 1 fully saturated rings. The summed E-state index contributed by atoms with van der Waals surface area (Å²) >= 11 is 0. The van der Waals surface area contributed by atoms with Gasteiger partial charge in [-0.1, -0.05) is 24.3 Å². The standard InChI is InChI=1S/C18H18N2O2/c21-17-14-7-3-5-13-6-4-8-15(16(13)14)18(22)20(17)12-11-19-9-1-2-10-19/h3-8H,1-2,9-12H2. The van der Waals surface area contributed by atoms with E-state index in [0.717, 1.165) is 30.4 Å². The number of hydrogen-bond acceptors (Lipinski definition) is 3. The molecule has 22 heavy (non-hydrogen) atoms. The van der Waals surface area contributed by atoms with Crippen molar-refractivity contribution in [2.75, 3.05) is 26.2 Å². The van der Waals surface area contributed by atoms with E-state index in [-0.39, 0.29) is 11.8 Å². The molecule has 0 N–H and O–H groups in total. The van der Waals surface area contributed by atoms with Gasteiger partial charge in [0.25, 0.3) is 11.8 Å². The van der Waals surface area contributed by atoms with Crippen molar-refractivity contribution >= 4 is 22.6 Å². The van der Waals surface area contributed by atoms with Crippen LogP contribution in [0.4, 0.5) is 0 Å². The number of rotatable bonds is 3. The van der Waals surface area contributed by atoms with E-state index in [1.54, 1.807) is 0 Å². The maximum atomic E-state index is 12.7. The monoisotopic (exact) mass is 294 g/mol. The van der Waals surface area contributed by atoms with Gasteiger partial charge in [-0.25, -0.2) is 0 Å². The fourth-order valence-electron chi connectivity index (χ4n) is 3.53. The highest BCUT2D eigenvalue weighted by Gasteiger charge is 2.32. The molecule has 2 aromatic rings. The fourth-order valence-corrected chi connectivity index (χ4v) is 3.53. The van der Waals surface area contributed by atoms with Gasteiger partial charge in [0.05, 0.1) is 0 Å². The Labute approximate surface area is 129 Å². The van der Waals surface area contributed by atoms with Gasteiger partial charge in [0, 0.05) is 29.6 Å². The highest BCUT2D eigenvalue weighted by molar-refractivity contribution is 6.25. The Hall–Kier alpha value is -2.20. The van der Waals surface area contributed by atoms with Crippen LogP contribution in [0.25, 0.3) is 10.8 Å². The Morgan fingerprint density at radius 3 is 2.00 bits per heavy atom. The summed E-state index contributed by atoms with van der Waals surface area (Å²) in [6.07, 6.45) is 2.42. The number of amides is 2. The Morgan fingerprint density at radius 1 is 0.818 bits per heavy atom. The molecular formula is C18H18N2O2. The van der Waals surface area contributed by atoms with Crippen LogP contribution in [0.3, 0.4) is 0 Å². The molecule has 4 rings (SSSR count). The maximum absolute atomic E-state index is 12.7. The third-order valence-electron chi connectivity index (χ3n) is 4.69. The SMILES string of the molecule is O=C1c2cccc3cccc(c23)C(=O)N1CCN1CCCC1. The predicted molar refractivity (Wildman–Crippen MR) is 85.0 cm³/mol. The summed E-state index contributed by atoms with van der Waals surface area (Å²) in [5.41, 5.74) is 1.29. The van der Waals surface area contributed by atoms with Crippen LogP contribution >= 0.6 is 0 Å². The van der Waals surface area contributed by atoms with E-state index < -0.39 is 0 Å². The molecule has 0 saturated carbocycles. The lowest BCUT2D eigenvalue weighted by molar-refractivity contribution is 0.0597. The normalized spacial score (nSPS) is 18.5. The molecule has 0 spiro atoms. The van der Waals surface area contributed by atoms with Crippen molar-refractivity contribution in [3.63, 3.8) is 0 Å². The van der Waals surface area contributed by atoms with Crippen LogP contribution in [0.2, 0.25) is 0 Å². The van der Waals surface area contributed by atoms with Crippen LogP contribution in [0.1, 0.15) is 33.6 Å². The highest BCUT2D eigenvalue weighted by atomic mass is 16.2. The van der Waals surface area contributed by atoms with Crippen LogP contribution in [0, 0.1) is 0 Å². The first-order valence-corrected chi connectivity index (χ1v) is 7.86. The van der Waals surface area contributed by atoms with Gasteiger partial charge >= 0.3 is 0 Å². The van der Waals surface area contributed by atoms with E-state index in [0.29, 0.717) is 17.7 Å². The van der Waals surface area contributed by atoms with E-state index in [1.165, 1.54) is 17.7 Å². The van der Waals surface area contributed by atoms with Crippen molar-refractivity contribution in [1.29, 1.82) is 0 Å². The largest absolute Gasteiger partial charge is 0.302 e. The second-order valence-electron chi connectivity index (χ2n) is 6.02. The van der Waals surface area contributed by atoms with Gasteiger partial charge in [-0.2, -0.15) is 0 Å². The zero-order valence-corrected chi connectivity index (χ0v) is 12.4. The van der Waals surface area contributed by atoms with Gasteiger partial charge in [-0.15, -0.1) is 0 Å². The van der Waals surface area contributed by atoms with Crippen molar-refractivity contribution in [2.24, 2.45) is 0 Å². The van der Waals surface area contributed by atoms with Crippen molar-refractivity contribution in [3.8, 4) is 0 Å². The smallest absolute Gasteiger partial charge is 0.261 e. The number of hydrogen-bond donors (Lipinski definition) is 0. The van der Waals surface area contributed by atoms with E-state index in [1.807, 2.05) is 36.4 Å². The Balaban J connectivity index is 1.69. The molecule has 4 heteroatoms. The summed E-state index contributed by atoms with van der Waals surface area (Å²) in [5.74, 6) is -0.318. The lowest BCUT2D eigenvalue weighted by Crippen LogP contribution is -2.44. The minimum absolute atomic E-state index is 0.159. The molecule has 0 unspecified atom stereocenters. The van der Waals surface area contributed by atoms with Gasteiger partial charge in [0.15, 0.2) is 0 Å². The molecule has 2 heterocycles. The van der Waals surface area contributed by atoms with Gasteiger partial charge in [0.1, 0.15) is 0 Å². The summed E-state index contributed by atoms with van der Waals surface area (Å²) < 4.78 is 0. The number of imide groups is 1. The number of nitrogens with zero attached hydrogens (tertiary/aromatic N) is 2. The molecule has 0 atom stereocenters. The Kier molecular flexibility index (Phi) is 3.19. The second-order valence-corrected chi connectivity index (χ2v) is 6.02. The summed E-state index contributed by atoms with van der Waals surface area (Å²) in [4.78, 5) is 29.1. The van der Waals surface area contributed by atoms with Gasteiger partial charge < -0.3 is 4.90 Å². The first-order chi connectivity index (χ1) is 10.8. The van der Waals surface area contributed by atoms with E-state index in [4.69, 9.17) is 0 Å². The first kappa shape index (κ1) is 13.5. The quantitative estimate of drug-likeness (QED) is 0.817. The van der Waals surface area contributed by atoms with Gasteiger partial charge in [-0.05, 0) is 43.5 Å². The van der Waals surface area contributed by atoms with Crippen LogP contribution < -0.4 is 0 Å². The van der Waals surface area contributed by atoms with Crippen molar-refractivity contribution in [3.05, 3.63) is 47.5 Å². The first-order valence-electron chi connectivity index (χ1n) is 7.86. The van der Waals surface area contributed by atoms with Crippen LogP contribution in [0.5, 0.6) is 0 Å². The van der Waals surface area contributed by atoms with Gasteiger partial charge in [0.2, 0.25) is 0 Å². The summed E-state index contributed by atoms with van der Waals surface area (Å²) in [7, 11) is 0. The molecule has 0 aliphatic carbocycles. The third-order valence-corrected chi connectivity index (χ3v) is 4.69. The topological polar surface area (TPSA) is 40.6 Å². The summed E-state index contributed by atoms with van der Waals surface area (Å²) in [6, 6.07) is 11.3. The molecule has 0 bridgehead atoms. The minimum atomic E-state index is -0.159. The number of carbonyl (C=O) groups is 2. The van der Waals surface area contributed by atoms with Gasteiger partial charge in [-0.3, -0.25) is 14.5 Å². The summed E-state index contributed by atoms with van der Waals surface area (Å²) in [6.45, 7) is 3.39. The number of likely N-dealkylation sites (tertiary alicyclic amines) is 1. The van der Waals surface area contributed by atoms with E-state index >= 15 is 0 Å². The molecule has 2 amide bonds. The van der Waals surface area contributed by atoms with Crippen molar-refractivity contribution in [2.45, 2.75) is 12.8 Å².